The molecule has 1 aliphatic rings. The molecule has 27 heavy (non-hydrogen) atoms. The maximum Gasteiger partial charge on any atom is 0.573 e. The molecule has 0 saturated carbocycles. The van der Waals surface area contributed by atoms with Crippen LogP contribution >= 0.6 is 0 Å². The van der Waals surface area contributed by atoms with E-state index in [4.69, 9.17) is 10.3 Å². The van der Waals surface area contributed by atoms with Crippen LogP contribution in [0, 0.1) is 17.2 Å². The molecule has 0 amide bonds. The number of ether oxygens (including phenoxy) is 1. The van der Waals surface area contributed by atoms with E-state index in [9.17, 15) is 13.2 Å². The molecule has 1 aromatic carbocycles. The molecule has 146 valence electrons. The average Bonchev–Trinajstić information content (AvgIpc) is 2.94. The monoisotopic (exact) mass is 379 g/mol. The number of benzene rings is 1. The Bertz CT molecular complexity index is 717. The van der Waals surface area contributed by atoms with Crippen LogP contribution in [0.25, 0.3) is 0 Å². The molecule has 0 aromatic heterocycles. The van der Waals surface area contributed by atoms with Crippen molar-refractivity contribution in [1.29, 1.82) is 5.26 Å². The first-order valence-corrected chi connectivity index (χ1v) is 9.03. The van der Waals surface area contributed by atoms with Gasteiger partial charge < -0.3 is 9.64 Å². The number of rotatable bonds is 7. The van der Waals surface area contributed by atoms with Gasteiger partial charge in [-0.25, -0.2) is 0 Å². The zero-order chi connectivity index (χ0) is 20.0. The second-order valence-corrected chi connectivity index (χ2v) is 6.69. The summed E-state index contributed by atoms with van der Waals surface area (Å²) in [5.41, 5.74) is 0.752. The van der Waals surface area contributed by atoms with Crippen molar-refractivity contribution in [2.75, 3.05) is 4.90 Å². The predicted molar refractivity (Wildman–Crippen MR) is 99.7 cm³/mol. The van der Waals surface area contributed by atoms with Crippen molar-refractivity contribution in [2.45, 2.75) is 58.5 Å². The Hall–Kier alpha value is -2.49. The molecule has 2 atom stereocenters. The molecule has 0 fully saturated rings. The first-order chi connectivity index (χ1) is 12.8. The van der Waals surface area contributed by atoms with Gasteiger partial charge in [0.05, 0.1) is 24.6 Å². The Morgan fingerprint density at radius 3 is 2.48 bits per heavy atom. The Labute approximate surface area is 158 Å². The number of halogens is 3. The molecule has 1 aliphatic heterocycles. The van der Waals surface area contributed by atoms with Crippen molar-refractivity contribution in [2.24, 2.45) is 10.9 Å². The fraction of sp³-hybridized carbons (Fsp3) is 0.500. The predicted octanol–water partition coefficient (Wildman–Crippen LogP) is 5.47. The summed E-state index contributed by atoms with van der Waals surface area (Å²) in [7, 11) is 0. The molecule has 0 N–H and O–H groups in total. The van der Waals surface area contributed by atoms with Gasteiger partial charge in [0.2, 0.25) is 0 Å². The van der Waals surface area contributed by atoms with E-state index in [1.807, 2.05) is 26.0 Å². The molecule has 1 aromatic rings. The number of hydrogen-bond donors (Lipinski definition) is 0. The van der Waals surface area contributed by atoms with E-state index in [0.29, 0.717) is 6.42 Å². The SMILES string of the molecule is CCCC1N=C(C(C)C)N(c2ccc(OC(F)(F)F)cc2)C1C=CCC#N. The maximum absolute atomic E-state index is 12.4. The summed E-state index contributed by atoms with van der Waals surface area (Å²) in [6.45, 7) is 6.17. The molecule has 2 unspecified atom stereocenters. The smallest absolute Gasteiger partial charge is 0.406 e. The molecule has 0 radical (unpaired) electrons. The van der Waals surface area contributed by atoms with Crippen LogP contribution in [0.1, 0.15) is 40.0 Å². The summed E-state index contributed by atoms with van der Waals surface area (Å²) in [5, 5.41) is 8.81. The van der Waals surface area contributed by atoms with Crippen LogP contribution in [0.4, 0.5) is 18.9 Å². The van der Waals surface area contributed by atoms with Crippen molar-refractivity contribution < 1.29 is 17.9 Å². The molecule has 0 aliphatic carbocycles. The summed E-state index contributed by atoms with van der Waals surface area (Å²) in [4.78, 5) is 6.93. The Morgan fingerprint density at radius 1 is 1.30 bits per heavy atom. The van der Waals surface area contributed by atoms with Crippen LogP contribution < -0.4 is 9.64 Å². The molecule has 0 bridgehead atoms. The summed E-state index contributed by atoms with van der Waals surface area (Å²) in [5.74, 6) is 0.796. The van der Waals surface area contributed by atoms with Gasteiger partial charge in [0, 0.05) is 11.6 Å². The van der Waals surface area contributed by atoms with E-state index >= 15 is 0 Å². The molecule has 4 nitrogen and oxygen atoms in total. The van der Waals surface area contributed by atoms with Gasteiger partial charge in [0.1, 0.15) is 11.6 Å². The van der Waals surface area contributed by atoms with E-state index < -0.39 is 6.36 Å². The molecular weight excluding hydrogens is 355 g/mol. The number of allylic oxidation sites excluding steroid dienone is 1. The molecule has 7 heteroatoms. The minimum Gasteiger partial charge on any atom is -0.406 e. The normalized spacial score (nSPS) is 20.2. The highest BCUT2D eigenvalue weighted by molar-refractivity contribution is 6.02. The molecule has 0 spiro atoms. The Kier molecular flexibility index (Phi) is 6.89. The third-order valence-corrected chi connectivity index (χ3v) is 4.23. The Morgan fingerprint density at radius 2 is 1.96 bits per heavy atom. The number of nitriles is 1. The van der Waals surface area contributed by atoms with Gasteiger partial charge in [-0.3, -0.25) is 4.99 Å². The highest BCUT2D eigenvalue weighted by Crippen LogP contribution is 2.33. The van der Waals surface area contributed by atoms with Gasteiger partial charge in [-0.1, -0.05) is 39.3 Å². The topological polar surface area (TPSA) is 48.6 Å². The lowest BCUT2D eigenvalue weighted by Crippen LogP contribution is -2.40. The van der Waals surface area contributed by atoms with Crippen molar-refractivity contribution in [3.63, 3.8) is 0 Å². The fourth-order valence-electron chi connectivity index (χ4n) is 3.18. The molecule has 1 heterocycles. The average molecular weight is 379 g/mol. The fourth-order valence-corrected chi connectivity index (χ4v) is 3.18. The van der Waals surface area contributed by atoms with E-state index in [0.717, 1.165) is 24.4 Å². The van der Waals surface area contributed by atoms with Crippen LogP contribution in [0.2, 0.25) is 0 Å². The number of aliphatic imine (C=N–C) groups is 1. The van der Waals surface area contributed by atoms with Crippen molar-refractivity contribution >= 4 is 11.5 Å². The molecular formula is C20H24F3N3O. The van der Waals surface area contributed by atoms with E-state index in [1.165, 1.54) is 12.1 Å². The number of amidine groups is 1. The first-order valence-electron chi connectivity index (χ1n) is 9.03. The van der Waals surface area contributed by atoms with Crippen LogP contribution in [0.5, 0.6) is 5.75 Å². The largest absolute Gasteiger partial charge is 0.573 e. The van der Waals surface area contributed by atoms with Crippen LogP contribution in [0.3, 0.4) is 0 Å². The lowest BCUT2D eigenvalue weighted by molar-refractivity contribution is -0.274. The van der Waals surface area contributed by atoms with Gasteiger partial charge in [-0.05, 0) is 30.7 Å². The first kappa shape index (κ1) is 20.8. The van der Waals surface area contributed by atoms with Crippen LogP contribution in [-0.2, 0) is 0 Å². The van der Waals surface area contributed by atoms with Crippen molar-refractivity contribution in [1.82, 2.24) is 0 Å². The summed E-state index contributed by atoms with van der Waals surface area (Å²) < 4.78 is 41.1. The highest BCUT2D eigenvalue weighted by atomic mass is 19.4. The third kappa shape index (κ3) is 5.49. The molecule has 0 saturated heterocycles. The number of nitrogens with zero attached hydrogens (tertiary/aromatic N) is 3. The van der Waals surface area contributed by atoms with Crippen molar-refractivity contribution in [3.05, 3.63) is 36.4 Å². The highest BCUT2D eigenvalue weighted by Gasteiger charge is 2.36. The van der Waals surface area contributed by atoms with Crippen molar-refractivity contribution in [3.8, 4) is 11.8 Å². The standard InChI is InChI=1S/C20H24F3N3O/c1-4-7-17-18(8-5-6-13-24)26(19(25-17)14(2)3)15-9-11-16(12-10-15)27-20(21,22)23/h5,8-12,14,17-18H,4,6-7H2,1-3H3. The van der Waals surface area contributed by atoms with Crippen LogP contribution in [0.15, 0.2) is 41.4 Å². The zero-order valence-electron chi connectivity index (χ0n) is 15.7. The minimum atomic E-state index is -4.71. The number of hydrogen-bond acceptors (Lipinski definition) is 4. The lowest BCUT2D eigenvalue weighted by Gasteiger charge is -2.30. The second-order valence-electron chi connectivity index (χ2n) is 6.69. The van der Waals surface area contributed by atoms with Gasteiger partial charge in [0.25, 0.3) is 0 Å². The van der Waals surface area contributed by atoms with Gasteiger partial charge in [0.15, 0.2) is 0 Å². The zero-order valence-corrected chi connectivity index (χ0v) is 15.7. The number of anilines is 1. The molecule has 2 rings (SSSR count). The van der Waals surface area contributed by atoms with E-state index in [2.05, 4.69) is 22.6 Å². The quantitative estimate of drug-likeness (QED) is 0.591. The van der Waals surface area contributed by atoms with Crippen LogP contribution in [-0.4, -0.2) is 24.3 Å². The van der Waals surface area contributed by atoms with Gasteiger partial charge in [-0.15, -0.1) is 13.2 Å². The minimum absolute atomic E-state index is 0.0495. The number of alkyl halides is 3. The third-order valence-electron chi connectivity index (χ3n) is 4.23. The summed E-state index contributed by atoms with van der Waals surface area (Å²) in [6, 6.07) is 7.91. The van der Waals surface area contributed by atoms with E-state index in [1.54, 1.807) is 12.1 Å². The Balaban J connectivity index is 2.35. The maximum atomic E-state index is 12.4. The summed E-state index contributed by atoms with van der Waals surface area (Å²) >= 11 is 0. The van der Waals surface area contributed by atoms with Gasteiger partial charge in [-0.2, -0.15) is 5.26 Å². The second kappa shape index (κ2) is 8.94. The lowest BCUT2D eigenvalue weighted by atomic mass is 10.0. The summed E-state index contributed by atoms with van der Waals surface area (Å²) in [6.07, 6.45) is 1.24. The van der Waals surface area contributed by atoms with E-state index in [-0.39, 0.29) is 23.8 Å². The van der Waals surface area contributed by atoms with Gasteiger partial charge >= 0.3 is 6.36 Å².